The molecule has 1 amide bonds. The van der Waals surface area contributed by atoms with Crippen molar-refractivity contribution in [1.29, 1.82) is 0 Å². The highest BCUT2D eigenvalue weighted by Crippen LogP contribution is 2.29. The molecule has 0 unspecified atom stereocenters. The number of nitrogens with zero attached hydrogens (tertiary/aromatic N) is 1. The number of halogens is 1. The van der Waals surface area contributed by atoms with Gasteiger partial charge in [-0.3, -0.25) is 4.98 Å². The quantitative estimate of drug-likeness (QED) is 0.584. The second-order valence-corrected chi connectivity index (χ2v) is 9.27. The Labute approximate surface area is 183 Å². The van der Waals surface area contributed by atoms with Gasteiger partial charge in [-0.15, -0.1) is 0 Å². The fourth-order valence-electron chi connectivity index (χ4n) is 3.85. The molecule has 30 heavy (non-hydrogen) atoms. The van der Waals surface area contributed by atoms with E-state index in [1.807, 2.05) is 39.0 Å². The van der Waals surface area contributed by atoms with E-state index in [1.165, 1.54) is 0 Å². The zero-order chi connectivity index (χ0) is 21.7. The van der Waals surface area contributed by atoms with Crippen molar-refractivity contribution in [1.82, 2.24) is 10.3 Å². The van der Waals surface area contributed by atoms with E-state index in [9.17, 15) is 4.79 Å². The third kappa shape index (κ3) is 6.11. The van der Waals surface area contributed by atoms with Crippen molar-refractivity contribution in [2.24, 2.45) is 5.92 Å². The molecule has 1 heterocycles. The van der Waals surface area contributed by atoms with E-state index in [2.05, 4.69) is 22.5 Å². The molecule has 1 aliphatic carbocycles. The average Bonchev–Trinajstić information content (AvgIpc) is 2.69. The highest BCUT2D eigenvalue weighted by Gasteiger charge is 2.23. The van der Waals surface area contributed by atoms with Crippen LogP contribution in [0.15, 0.2) is 36.5 Å². The lowest BCUT2D eigenvalue weighted by Crippen LogP contribution is -2.40. The molecular weight excluding hydrogens is 400 g/mol. The molecular formula is C24H31ClN2O3. The zero-order valence-corrected chi connectivity index (χ0v) is 19.0. The minimum absolute atomic E-state index is 0.190. The predicted octanol–water partition coefficient (Wildman–Crippen LogP) is 6.08. The summed E-state index contributed by atoms with van der Waals surface area (Å²) >= 11 is 6.44. The molecule has 3 rings (SSSR count). The minimum Gasteiger partial charge on any atom is -0.497 e. The highest BCUT2D eigenvalue weighted by molar-refractivity contribution is 6.32. The monoisotopic (exact) mass is 430 g/mol. The summed E-state index contributed by atoms with van der Waals surface area (Å²) in [6, 6.07) is 6.05. The van der Waals surface area contributed by atoms with Gasteiger partial charge in [0.1, 0.15) is 11.4 Å². The Morgan fingerprint density at radius 3 is 2.67 bits per heavy atom. The lowest BCUT2D eigenvalue weighted by atomic mass is 9.85. The van der Waals surface area contributed by atoms with Crippen molar-refractivity contribution in [3.05, 3.63) is 47.1 Å². The summed E-state index contributed by atoms with van der Waals surface area (Å²) < 4.78 is 10.7. The first kappa shape index (κ1) is 22.4. The molecule has 1 aromatic heterocycles. The number of fused-ring (bicyclic) bond motifs is 1. The Bertz CT molecular complexity index is 913. The number of ether oxygens (including phenoxy) is 2. The number of hydrogen-bond acceptors (Lipinski definition) is 4. The number of methoxy groups -OCH3 is 1. The van der Waals surface area contributed by atoms with Crippen LogP contribution < -0.4 is 10.1 Å². The number of alkyl carbamates (subject to hydrolysis) is 1. The van der Waals surface area contributed by atoms with Gasteiger partial charge in [0.15, 0.2) is 0 Å². The topological polar surface area (TPSA) is 60.5 Å². The van der Waals surface area contributed by atoms with Gasteiger partial charge >= 0.3 is 6.09 Å². The maximum Gasteiger partial charge on any atom is 0.407 e. The highest BCUT2D eigenvalue weighted by atomic mass is 35.5. The van der Waals surface area contributed by atoms with Crippen molar-refractivity contribution in [3.63, 3.8) is 0 Å². The van der Waals surface area contributed by atoms with Gasteiger partial charge in [0.2, 0.25) is 0 Å². The zero-order valence-electron chi connectivity index (χ0n) is 18.2. The summed E-state index contributed by atoms with van der Waals surface area (Å²) in [7, 11) is 1.66. The van der Waals surface area contributed by atoms with Crippen molar-refractivity contribution < 1.29 is 14.3 Å². The fourth-order valence-corrected chi connectivity index (χ4v) is 4.07. The molecule has 0 aliphatic heterocycles. The number of amides is 1. The number of benzene rings is 1. The molecule has 0 radical (unpaired) electrons. The van der Waals surface area contributed by atoms with Gasteiger partial charge < -0.3 is 14.8 Å². The Morgan fingerprint density at radius 1 is 1.27 bits per heavy atom. The van der Waals surface area contributed by atoms with E-state index >= 15 is 0 Å². The number of carbonyl (C=O) groups excluding carboxylic acids is 1. The van der Waals surface area contributed by atoms with Gasteiger partial charge in [0.25, 0.3) is 0 Å². The van der Waals surface area contributed by atoms with Crippen LogP contribution in [0, 0.1) is 5.92 Å². The molecule has 1 fully saturated rings. The lowest BCUT2D eigenvalue weighted by molar-refractivity contribution is 0.0490. The smallest absolute Gasteiger partial charge is 0.407 e. The molecule has 0 saturated heterocycles. The van der Waals surface area contributed by atoms with Crippen molar-refractivity contribution in [2.75, 3.05) is 7.11 Å². The molecule has 0 spiro atoms. The third-order valence-corrected chi connectivity index (χ3v) is 5.68. The molecule has 1 N–H and O–H groups in total. The summed E-state index contributed by atoms with van der Waals surface area (Å²) in [5.74, 6) is 1.32. The number of pyridine rings is 1. The Hall–Kier alpha value is -2.27. The number of nitrogens with one attached hydrogen (secondary N) is 1. The van der Waals surface area contributed by atoms with E-state index in [1.54, 1.807) is 13.3 Å². The van der Waals surface area contributed by atoms with Gasteiger partial charge in [-0.05, 0) is 82.6 Å². The summed E-state index contributed by atoms with van der Waals surface area (Å²) in [5, 5.41) is 4.69. The molecule has 0 atom stereocenters. The second-order valence-electron chi connectivity index (χ2n) is 8.86. The van der Waals surface area contributed by atoms with Crippen LogP contribution in [-0.4, -0.2) is 29.8 Å². The van der Waals surface area contributed by atoms with Gasteiger partial charge in [-0.25, -0.2) is 4.79 Å². The predicted molar refractivity (Wildman–Crippen MR) is 121 cm³/mol. The van der Waals surface area contributed by atoms with Crippen LogP contribution in [0.25, 0.3) is 10.9 Å². The van der Waals surface area contributed by atoms with E-state index < -0.39 is 5.60 Å². The molecule has 1 aliphatic rings. The Kier molecular flexibility index (Phi) is 7.24. The molecule has 2 aromatic rings. The molecule has 1 aromatic carbocycles. The maximum atomic E-state index is 11.9. The number of hydrogen-bond donors (Lipinski definition) is 1. The van der Waals surface area contributed by atoms with E-state index in [4.69, 9.17) is 21.1 Å². The molecule has 5 nitrogen and oxygen atoms in total. The van der Waals surface area contributed by atoms with Crippen molar-refractivity contribution in [2.45, 2.75) is 64.5 Å². The fraction of sp³-hybridized carbons (Fsp3) is 0.500. The minimum atomic E-state index is -0.466. The summed E-state index contributed by atoms with van der Waals surface area (Å²) in [6.45, 7) is 5.63. The SMILES string of the molecule is COc1ccc2ncc(Cl)c(CC=CC3CCC(NC(=O)OC(C)(C)C)CC3)c2c1. The van der Waals surface area contributed by atoms with E-state index in [0.717, 1.165) is 54.3 Å². The molecule has 0 bridgehead atoms. The van der Waals surface area contributed by atoms with Crippen molar-refractivity contribution in [3.8, 4) is 5.75 Å². The first-order valence-corrected chi connectivity index (χ1v) is 10.9. The van der Waals surface area contributed by atoms with Crippen LogP contribution in [0.5, 0.6) is 5.75 Å². The van der Waals surface area contributed by atoms with E-state index in [0.29, 0.717) is 10.9 Å². The molecule has 1 saturated carbocycles. The summed E-state index contributed by atoms with van der Waals surface area (Å²) in [5.41, 5.74) is 1.52. The number of rotatable bonds is 5. The standard InChI is InChI=1S/C24H31ClN2O3/c1-24(2,3)30-23(28)27-17-10-8-16(9-11-17)6-5-7-19-20-14-18(29-4)12-13-22(20)26-15-21(19)25/h5-6,12-17H,7-11H2,1-4H3,(H,27,28). The van der Waals surface area contributed by atoms with Crippen LogP contribution >= 0.6 is 11.6 Å². The first-order chi connectivity index (χ1) is 14.2. The van der Waals surface area contributed by atoms with Crippen LogP contribution in [0.4, 0.5) is 4.79 Å². The van der Waals surface area contributed by atoms with Gasteiger partial charge in [-0.2, -0.15) is 0 Å². The van der Waals surface area contributed by atoms with Crippen LogP contribution in [0.1, 0.15) is 52.0 Å². The largest absolute Gasteiger partial charge is 0.497 e. The summed E-state index contributed by atoms with van der Waals surface area (Å²) in [4.78, 5) is 16.4. The number of allylic oxidation sites excluding steroid dienone is 2. The van der Waals surface area contributed by atoms with Crippen LogP contribution in [0.3, 0.4) is 0 Å². The Balaban J connectivity index is 1.56. The lowest BCUT2D eigenvalue weighted by Gasteiger charge is -2.28. The molecule has 162 valence electrons. The van der Waals surface area contributed by atoms with E-state index in [-0.39, 0.29) is 12.1 Å². The van der Waals surface area contributed by atoms with Crippen LogP contribution in [0.2, 0.25) is 5.02 Å². The van der Waals surface area contributed by atoms with Gasteiger partial charge in [0.05, 0.1) is 17.6 Å². The van der Waals surface area contributed by atoms with Crippen molar-refractivity contribution >= 4 is 28.6 Å². The summed E-state index contributed by atoms with van der Waals surface area (Å²) in [6.07, 6.45) is 10.7. The second kappa shape index (κ2) is 9.69. The number of carbonyl (C=O) groups is 1. The Morgan fingerprint density at radius 2 is 2.00 bits per heavy atom. The van der Waals surface area contributed by atoms with Gasteiger partial charge in [-0.1, -0.05) is 23.8 Å². The maximum absolute atomic E-state index is 11.9. The van der Waals surface area contributed by atoms with Crippen LogP contribution in [-0.2, 0) is 11.2 Å². The average molecular weight is 431 g/mol. The third-order valence-electron chi connectivity index (χ3n) is 5.36. The molecule has 6 heteroatoms. The number of aromatic nitrogens is 1. The van der Waals surface area contributed by atoms with Gasteiger partial charge in [0, 0.05) is 17.6 Å². The normalized spacial score (nSPS) is 19.8. The first-order valence-electron chi connectivity index (χ1n) is 10.5.